The van der Waals surface area contributed by atoms with Crippen molar-refractivity contribution in [2.75, 3.05) is 34.7 Å². The molecule has 7 nitrogen and oxygen atoms in total. The lowest BCUT2D eigenvalue weighted by molar-refractivity contribution is -0.135. The second kappa shape index (κ2) is 9.79. The van der Waals surface area contributed by atoms with Crippen molar-refractivity contribution in [1.82, 2.24) is 0 Å². The zero-order chi connectivity index (χ0) is 23.7. The highest BCUT2D eigenvalue weighted by molar-refractivity contribution is 6.63. The van der Waals surface area contributed by atoms with Crippen molar-refractivity contribution >= 4 is 46.3 Å². The summed E-state index contributed by atoms with van der Waals surface area (Å²) in [5.41, 5.74) is 4.28. The molecule has 2 heterocycles. The molecule has 1 atom stereocenters. The Morgan fingerprint density at radius 2 is 1.52 bits per heavy atom. The maximum Gasteiger partial charge on any atom is 0.335 e. The van der Waals surface area contributed by atoms with Gasteiger partial charge in [-0.05, 0) is 47.4 Å². The first-order chi connectivity index (χ1) is 15.9. The molecule has 0 aromatic heterocycles. The first-order valence-corrected chi connectivity index (χ1v) is 11.3. The van der Waals surface area contributed by atoms with E-state index in [4.69, 9.17) is 63.2 Å². The largest absolute Gasteiger partial charge is 0.493 e. The van der Waals surface area contributed by atoms with Crippen molar-refractivity contribution in [3.8, 4) is 28.7 Å². The fourth-order valence-corrected chi connectivity index (χ4v) is 4.30. The molecule has 0 N–H and O–H groups in total. The topological polar surface area (TPSA) is 72.5 Å². The number of esters is 1. The van der Waals surface area contributed by atoms with E-state index in [1.54, 1.807) is 21.3 Å². The first-order valence-electron chi connectivity index (χ1n) is 9.94. The Morgan fingerprint density at radius 3 is 2.09 bits per heavy atom. The summed E-state index contributed by atoms with van der Waals surface area (Å²) in [7, 11) is 4.69. The van der Waals surface area contributed by atoms with Gasteiger partial charge < -0.3 is 28.4 Å². The fraction of sp³-hybridized carbons (Fsp3) is 0.348. The number of alkyl halides is 3. The molecule has 0 amide bonds. The molecule has 1 aliphatic carbocycles. The van der Waals surface area contributed by atoms with E-state index in [1.165, 1.54) is 0 Å². The molecule has 0 radical (unpaired) electrons. The summed E-state index contributed by atoms with van der Waals surface area (Å²) in [5.74, 6) is 2.63. The third kappa shape index (κ3) is 4.50. The molecule has 0 spiro atoms. The van der Waals surface area contributed by atoms with Crippen molar-refractivity contribution in [3.05, 3.63) is 46.5 Å². The van der Waals surface area contributed by atoms with Gasteiger partial charge in [0.25, 0.3) is 0 Å². The molecule has 2 aromatic rings. The molecule has 10 heteroatoms. The summed E-state index contributed by atoms with van der Waals surface area (Å²) in [6, 6.07) is 7.64. The summed E-state index contributed by atoms with van der Waals surface area (Å²) in [6.07, 6.45) is 0.709. The summed E-state index contributed by atoms with van der Waals surface area (Å²) >= 11 is 14.4. The Morgan fingerprint density at radius 1 is 0.909 bits per heavy atom. The molecule has 3 aliphatic rings. The number of ether oxygens (including phenoxy) is 6. The van der Waals surface area contributed by atoms with Crippen LogP contribution in [0, 0.1) is 5.92 Å². The van der Waals surface area contributed by atoms with Crippen LogP contribution < -0.4 is 23.7 Å². The second-order valence-electron chi connectivity index (χ2n) is 7.31. The standard InChI is InChI=1S/C22H20O7.CHCl3/c1-24-17-6-12(7-18(25-2)21(17)26-3)19-14-8-16-15(28-10-29-16)5-11(14)4-13-9-27-22(23)20(13)19;2-1(3)4/h5-8,13H,4,9-10H2,1-3H3;1H/t13-;/m1./s1. The zero-order valence-electron chi connectivity index (χ0n) is 18.1. The van der Waals surface area contributed by atoms with Crippen LogP contribution in [0.3, 0.4) is 0 Å². The molecular formula is C23H21Cl3O7. The predicted molar refractivity (Wildman–Crippen MR) is 124 cm³/mol. The second-order valence-corrected chi connectivity index (χ2v) is 9.29. The Kier molecular flexibility index (Phi) is 7.02. The van der Waals surface area contributed by atoms with Crippen LogP contribution >= 0.6 is 34.8 Å². The lowest BCUT2D eigenvalue weighted by Crippen LogP contribution is -2.17. The summed E-state index contributed by atoms with van der Waals surface area (Å²) in [5, 5.41) is 0. The van der Waals surface area contributed by atoms with Gasteiger partial charge in [0, 0.05) is 11.5 Å². The number of hydrogen-bond donors (Lipinski definition) is 0. The van der Waals surface area contributed by atoms with E-state index in [-0.39, 0.29) is 18.7 Å². The minimum absolute atomic E-state index is 0.00976. The molecule has 1 saturated heterocycles. The number of hydrogen-bond acceptors (Lipinski definition) is 7. The van der Waals surface area contributed by atoms with Gasteiger partial charge in [0.1, 0.15) is 0 Å². The monoisotopic (exact) mass is 514 g/mol. The molecule has 0 saturated carbocycles. The number of methoxy groups -OCH3 is 3. The lowest BCUT2D eigenvalue weighted by atomic mass is 9.77. The molecule has 1 fully saturated rings. The average Bonchev–Trinajstić information content (AvgIpc) is 3.40. The van der Waals surface area contributed by atoms with Gasteiger partial charge in [0.05, 0.1) is 33.5 Å². The van der Waals surface area contributed by atoms with E-state index in [1.807, 2.05) is 24.3 Å². The zero-order valence-corrected chi connectivity index (χ0v) is 20.3. The Labute approximate surface area is 206 Å². The van der Waals surface area contributed by atoms with E-state index < -0.39 is 4.30 Å². The molecule has 176 valence electrons. The highest BCUT2D eigenvalue weighted by Gasteiger charge is 2.39. The van der Waals surface area contributed by atoms with Gasteiger partial charge >= 0.3 is 5.97 Å². The number of halogens is 3. The van der Waals surface area contributed by atoms with Crippen LogP contribution in [0.25, 0.3) is 5.57 Å². The highest BCUT2D eigenvalue weighted by Crippen LogP contribution is 2.49. The van der Waals surface area contributed by atoms with Crippen molar-refractivity contribution < 1.29 is 33.2 Å². The summed E-state index contributed by atoms with van der Waals surface area (Å²) < 4.78 is 32.3. The van der Waals surface area contributed by atoms with Gasteiger partial charge in [-0.25, -0.2) is 4.79 Å². The SMILES string of the molecule is COc1cc(C2=C3C(=O)OC[C@H]3Cc3cc4c(cc32)OCO4)cc(OC)c1OC.ClC(Cl)Cl. The summed E-state index contributed by atoms with van der Waals surface area (Å²) in [6.45, 7) is 0.565. The van der Waals surface area contributed by atoms with Crippen LogP contribution in [0.15, 0.2) is 29.8 Å². The van der Waals surface area contributed by atoms with E-state index >= 15 is 0 Å². The third-order valence-electron chi connectivity index (χ3n) is 5.60. The van der Waals surface area contributed by atoms with Gasteiger partial charge in [0.15, 0.2) is 27.3 Å². The predicted octanol–water partition coefficient (Wildman–Crippen LogP) is 4.96. The van der Waals surface area contributed by atoms with Crippen molar-refractivity contribution in [2.45, 2.75) is 10.7 Å². The maximum absolute atomic E-state index is 12.6. The third-order valence-corrected chi connectivity index (χ3v) is 5.60. The van der Waals surface area contributed by atoms with Crippen LogP contribution in [-0.4, -0.2) is 45.0 Å². The van der Waals surface area contributed by atoms with Crippen LogP contribution in [-0.2, 0) is 16.0 Å². The Hall–Kier alpha value is -2.48. The van der Waals surface area contributed by atoms with Crippen LogP contribution in [0.4, 0.5) is 0 Å². The molecule has 5 rings (SSSR count). The molecule has 0 bridgehead atoms. The molecule has 33 heavy (non-hydrogen) atoms. The summed E-state index contributed by atoms with van der Waals surface area (Å²) in [4.78, 5) is 12.6. The number of cyclic esters (lactones) is 1. The number of rotatable bonds is 4. The molecule has 0 unspecified atom stereocenters. The normalized spacial score (nSPS) is 17.7. The average molecular weight is 516 g/mol. The Balaban J connectivity index is 0.000000601. The van der Waals surface area contributed by atoms with Gasteiger partial charge in [-0.1, -0.05) is 34.8 Å². The molecule has 2 aromatic carbocycles. The fourth-order valence-electron chi connectivity index (χ4n) is 4.30. The van der Waals surface area contributed by atoms with Gasteiger partial charge in [-0.15, -0.1) is 0 Å². The smallest absolute Gasteiger partial charge is 0.335 e. The first kappa shape index (κ1) is 23.7. The van der Waals surface area contributed by atoms with Crippen LogP contribution in [0.5, 0.6) is 28.7 Å². The highest BCUT2D eigenvalue weighted by atomic mass is 35.6. The van der Waals surface area contributed by atoms with Crippen molar-refractivity contribution in [3.63, 3.8) is 0 Å². The Bertz CT molecular complexity index is 1090. The van der Waals surface area contributed by atoms with Gasteiger partial charge in [-0.2, -0.15) is 0 Å². The quantitative estimate of drug-likeness (QED) is 0.421. The number of benzene rings is 2. The van der Waals surface area contributed by atoms with Crippen molar-refractivity contribution in [2.24, 2.45) is 5.92 Å². The van der Waals surface area contributed by atoms with Crippen LogP contribution in [0.2, 0.25) is 0 Å². The van der Waals surface area contributed by atoms with Gasteiger partial charge in [0.2, 0.25) is 12.5 Å². The van der Waals surface area contributed by atoms with Gasteiger partial charge in [-0.3, -0.25) is 0 Å². The van der Waals surface area contributed by atoms with Crippen molar-refractivity contribution in [1.29, 1.82) is 0 Å². The van der Waals surface area contributed by atoms with E-state index in [9.17, 15) is 4.79 Å². The lowest BCUT2D eigenvalue weighted by Gasteiger charge is -2.25. The van der Waals surface area contributed by atoms with Crippen LogP contribution in [0.1, 0.15) is 16.7 Å². The van der Waals surface area contributed by atoms with E-state index in [0.29, 0.717) is 41.6 Å². The number of carbonyl (C=O) groups is 1. The number of carbonyl (C=O) groups excluding carboxylic acids is 1. The molecule has 2 aliphatic heterocycles. The van der Waals surface area contributed by atoms with E-state index in [2.05, 4.69) is 0 Å². The molecular weight excluding hydrogens is 495 g/mol. The minimum Gasteiger partial charge on any atom is -0.493 e. The number of fused-ring (bicyclic) bond motifs is 3. The maximum atomic E-state index is 12.6. The van der Waals surface area contributed by atoms with E-state index in [0.717, 1.165) is 28.0 Å². The minimum atomic E-state index is -0.750.